The zero-order valence-electron chi connectivity index (χ0n) is 15.5. The molecule has 0 aliphatic heterocycles. The maximum absolute atomic E-state index is 12.9. The molecule has 0 bridgehead atoms. The standard InChI is InChI=1S/C21H20FNO5/c1-13(24)16-4-3-5-18(12-16)23-21(27)14(2)28-20(26)11-10-19(25)15-6-8-17(22)9-7-15/h3-9,12,14H,10-11H2,1-2H3,(H,23,27)/t14-/m1/s1. The first-order valence-corrected chi connectivity index (χ1v) is 8.66. The molecule has 28 heavy (non-hydrogen) atoms. The van der Waals surface area contributed by atoms with Crippen molar-refractivity contribution in [3.63, 3.8) is 0 Å². The summed E-state index contributed by atoms with van der Waals surface area (Å²) >= 11 is 0. The Labute approximate surface area is 161 Å². The largest absolute Gasteiger partial charge is 0.453 e. The maximum atomic E-state index is 12.9. The fraction of sp³-hybridized carbons (Fsp3) is 0.238. The van der Waals surface area contributed by atoms with Gasteiger partial charge >= 0.3 is 5.97 Å². The first-order chi connectivity index (χ1) is 13.3. The third kappa shape index (κ3) is 6.12. The van der Waals surface area contributed by atoms with Crippen LogP contribution in [0.15, 0.2) is 48.5 Å². The summed E-state index contributed by atoms with van der Waals surface area (Å²) in [6.07, 6.45) is -1.39. The van der Waals surface area contributed by atoms with Crippen LogP contribution in [0.5, 0.6) is 0 Å². The molecule has 0 radical (unpaired) electrons. The van der Waals surface area contributed by atoms with E-state index in [0.29, 0.717) is 16.8 Å². The predicted molar refractivity (Wildman–Crippen MR) is 101 cm³/mol. The summed E-state index contributed by atoms with van der Waals surface area (Å²) in [6.45, 7) is 2.82. The van der Waals surface area contributed by atoms with Crippen LogP contribution in [0.1, 0.15) is 47.4 Å². The van der Waals surface area contributed by atoms with Gasteiger partial charge in [0, 0.05) is 23.2 Å². The number of nitrogens with one attached hydrogen (secondary N) is 1. The second kappa shape index (κ2) is 9.55. The van der Waals surface area contributed by atoms with Crippen LogP contribution < -0.4 is 5.32 Å². The van der Waals surface area contributed by atoms with E-state index in [-0.39, 0.29) is 24.4 Å². The number of rotatable bonds is 8. The van der Waals surface area contributed by atoms with E-state index in [4.69, 9.17) is 4.74 Å². The number of hydrogen-bond donors (Lipinski definition) is 1. The minimum Gasteiger partial charge on any atom is -0.453 e. The smallest absolute Gasteiger partial charge is 0.307 e. The highest BCUT2D eigenvalue weighted by Crippen LogP contribution is 2.13. The van der Waals surface area contributed by atoms with Gasteiger partial charge in [0.2, 0.25) is 0 Å². The molecule has 0 unspecified atom stereocenters. The molecule has 1 N–H and O–H groups in total. The van der Waals surface area contributed by atoms with Gasteiger partial charge in [0.15, 0.2) is 17.7 Å². The molecule has 2 rings (SSSR count). The van der Waals surface area contributed by atoms with Crippen LogP contribution >= 0.6 is 0 Å². The van der Waals surface area contributed by atoms with Gasteiger partial charge in [0.05, 0.1) is 6.42 Å². The van der Waals surface area contributed by atoms with Crippen LogP contribution in [0.4, 0.5) is 10.1 Å². The molecule has 1 amide bonds. The molecule has 2 aromatic carbocycles. The number of esters is 1. The average molecular weight is 385 g/mol. The summed E-state index contributed by atoms with van der Waals surface area (Å²) in [5.41, 5.74) is 1.15. The summed E-state index contributed by atoms with van der Waals surface area (Å²) in [4.78, 5) is 47.4. The van der Waals surface area contributed by atoms with Crippen LogP contribution in [0, 0.1) is 5.82 Å². The van der Waals surface area contributed by atoms with Gasteiger partial charge in [0.25, 0.3) is 5.91 Å². The molecule has 6 nitrogen and oxygen atoms in total. The highest BCUT2D eigenvalue weighted by atomic mass is 19.1. The van der Waals surface area contributed by atoms with Crippen molar-refractivity contribution >= 4 is 29.1 Å². The number of hydrogen-bond acceptors (Lipinski definition) is 5. The number of benzene rings is 2. The van der Waals surface area contributed by atoms with Crippen molar-refractivity contribution < 1.29 is 28.3 Å². The molecule has 0 aliphatic rings. The molecule has 0 saturated heterocycles. The van der Waals surface area contributed by atoms with Crippen LogP contribution in [-0.4, -0.2) is 29.5 Å². The number of anilines is 1. The van der Waals surface area contributed by atoms with Gasteiger partial charge in [0.1, 0.15) is 5.82 Å². The Balaban J connectivity index is 1.83. The Morgan fingerprint density at radius 1 is 1.00 bits per heavy atom. The van der Waals surface area contributed by atoms with Gasteiger partial charge < -0.3 is 10.1 Å². The molecule has 146 valence electrons. The molecule has 0 spiro atoms. The van der Waals surface area contributed by atoms with Crippen LogP contribution in [0.25, 0.3) is 0 Å². The van der Waals surface area contributed by atoms with E-state index < -0.39 is 23.8 Å². The number of halogens is 1. The fourth-order valence-corrected chi connectivity index (χ4v) is 2.37. The van der Waals surface area contributed by atoms with E-state index in [1.54, 1.807) is 18.2 Å². The normalized spacial score (nSPS) is 11.4. The third-order valence-electron chi connectivity index (χ3n) is 3.94. The number of carbonyl (C=O) groups is 4. The summed E-state index contributed by atoms with van der Waals surface area (Å²) in [5, 5.41) is 2.57. The van der Waals surface area contributed by atoms with Crippen molar-refractivity contribution in [3.05, 3.63) is 65.5 Å². The van der Waals surface area contributed by atoms with E-state index in [2.05, 4.69) is 5.32 Å². The molecule has 0 aliphatic carbocycles. The summed E-state index contributed by atoms with van der Waals surface area (Å²) in [7, 11) is 0. The summed E-state index contributed by atoms with van der Waals surface area (Å²) in [5.74, 6) is -2.17. The topological polar surface area (TPSA) is 89.5 Å². The van der Waals surface area contributed by atoms with E-state index >= 15 is 0 Å². The number of amides is 1. The van der Waals surface area contributed by atoms with Gasteiger partial charge in [-0.2, -0.15) is 0 Å². The van der Waals surface area contributed by atoms with E-state index in [1.165, 1.54) is 44.2 Å². The SMILES string of the molecule is CC(=O)c1cccc(NC(=O)[C@@H](C)OC(=O)CCC(=O)c2ccc(F)cc2)c1. The van der Waals surface area contributed by atoms with Gasteiger partial charge in [-0.1, -0.05) is 12.1 Å². The molecule has 0 saturated carbocycles. The monoisotopic (exact) mass is 385 g/mol. The second-order valence-corrected chi connectivity index (χ2v) is 6.19. The maximum Gasteiger partial charge on any atom is 0.307 e. The lowest BCUT2D eigenvalue weighted by Gasteiger charge is -2.14. The highest BCUT2D eigenvalue weighted by molar-refractivity contribution is 5.99. The van der Waals surface area contributed by atoms with Gasteiger partial charge in [-0.25, -0.2) is 4.39 Å². The van der Waals surface area contributed by atoms with Gasteiger partial charge in [-0.3, -0.25) is 19.2 Å². The molecule has 0 aromatic heterocycles. The van der Waals surface area contributed by atoms with Crippen molar-refractivity contribution in [1.29, 1.82) is 0 Å². The number of ether oxygens (including phenoxy) is 1. The number of carbonyl (C=O) groups excluding carboxylic acids is 4. The third-order valence-corrected chi connectivity index (χ3v) is 3.94. The molecule has 7 heteroatoms. The lowest BCUT2D eigenvalue weighted by atomic mass is 10.1. The molecule has 0 heterocycles. The van der Waals surface area contributed by atoms with Gasteiger partial charge in [-0.15, -0.1) is 0 Å². The van der Waals surface area contributed by atoms with Gasteiger partial charge in [-0.05, 0) is 50.2 Å². The van der Waals surface area contributed by atoms with Crippen LogP contribution in [0.2, 0.25) is 0 Å². The lowest BCUT2D eigenvalue weighted by molar-refractivity contribution is -0.153. The molecule has 1 atom stereocenters. The quantitative estimate of drug-likeness (QED) is 0.554. The van der Waals surface area contributed by atoms with Crippen LogP contribution in [0.3, 0.4) is 0 Å². The predicted octanol–water partition coefficient (Wildman–Crippen LogP) is 3.56. The Bertz CT molecular complexity index is 892. The van der Waals surface area contributed by atoms with Crippen molar-refractivity contribution in [3.8, 4) is 0 Å². The van der Waals surface area contributed by atoms with E-state index in [1.807, 2.05) is 0 Å². The molecular formula is C21H20FNO5. The fourth-order valence-electron chi connectivity index (χ4n) is 2.37. The Hall–Kier alpha value is -3.35. The summed E-state index contributed by atoms with van der Waals surface area (Å²) < 4.78 is 17.9. The molecule has 0 fully saturated rings. The summed E-state index contributed by atoms with van der Waals surface area (Å²) in [6, 6.07) is 11.4. The minimum absolute atomic E-state index is 0.112. The zero-order valence-corrected chi connectivity index (χ0v) is 15.5. The van der Waals surface area contributed by atoms with Crippen molar-refractivity contribution in [2.75, 3.05) is 5.32 Å². The Kier molecular flexibility index (Phi) is 7.14. The Morgan fingerprint density at radius 3 is 2.32 bits per heavy atom. The van der Waals surface area contributed by atoms with E-state index in [9.17, 15) is 23.6 Å². The molecular weight excluding hydrogens is 365 g/mol. The van der Waals surface area contributed by atoms with Crippen molar-refractivity contribution in [2.24, 2.45) is 0 Å². The van der Waals surface area contributed by atoms with Crippen LogP contribution in [-0.2, 0) is 14.3 Å². The van der Waals surface area contributed by atoms with Crippen molar-refractivity contribution in [1.82, 2.24) is 0 Å². The number of Topliss-reactive ketones (excluding diaryl/α,β-unsaturated/α-hetero) is 2. The first-order valence-electron chi connectivity index (χ1n) is 8.66. The van der Waals surface area contributed by atoms with Crippen molar-refractivity contribution in [2.45, 2.75) is 32.8 Å². The second-order valence-electron chi connectivity index (χ2n) is 6.19. The lowest BCUT2D eigenvalue weighted by Crippen LogP contribution is -2.30. The number of ketones is 2. The van der Waals surface area contributed by atoms with E-state index in [0.717, 1.165) is 0 Å². The first kappa shape index (κ1) is 21.0. The highest BCUT2D eigenvalue weighted by Gasteiger charge is 2.19. The minimum atomic E-state index is -1.07. The molecule has 2 aromatic rings. The Morgan fingerprint density at radius 2 is 1.68 bits per heavy atom. The average Bonchev–Trinajstić information content (AvgIpc) is 2.66. The zero-order chi connectivity index (χ0) is 20.7.